The van der Waals surface area contributed by atoms with E-state index in [1.54, 1.807) is 13.2 Å². The molecule has 4 rings (SSSR count). The minimum atomic E-state index is -0.367. The molecule has 25 heavy (non-hydrogen) atoms. The summed E-state index contributed by atoms with van der Waals surface area (Å²) in [4.78, 5) is 11.5. The summed E-state index contributed by atoms with van der Waals surface area (Å²) in [5, 5.41) is 1.85. The predicted molar refractivity (Wildman–Crippen MR) is 94.3 cm³/mol. The first-order valence-electron chi connectivity index (χ1n) is 7.86. The van der Waals surface area contributed by atoms with Crippen molar-refractivity contribution in [2.75, 3.05) is 7.11 Å². The third-order valence-electron chi connectivity index (χ3n) is 4.08. The van der Waals surface area contributed by atoms with Crippen LogP contribution in [-0.4, -0.2) is 7.11 Å². The number of rotatable bonds is 4. The van der Waals surface area contributed by atoms with Crippen molar-refractivity contribution in [3.05, 3.63) is 70.3 Å². The van der Waals surface area contributed by atoms with Gasteiger partial charge in [0.1, 0.15) is 35.0 Å². The minimum Gasteiger partial charge on any atom is -0.497 e. The number of aryl methyl sites for hydroxylation is 1. The van der Waals surface area contributed by atoms with E-state index >= 15 is 0 Å². The monoisotopic (exact) mass is 336 g/mol. The lowest BCUT2D eigenvalue weighted by atomic mass is 10.1. The van der Waals surface area contributed by atoms with Crippen LogP contribution < -0.4 is 15.1 Å². The molecule has 2 aromatic carbocycles. The maximum atomic E-state index is 11.5. The number of furan rings is 1. The molecule has 0 fully saturated rings. The largest absolute Gasteiger partial charge is 0.497 e. The third kappa shape index (κ3) is 2.96. The highest BCUT2D eigenvalue weighted by Crippen LogP contribution is 2.26. The standard InChI is InChI=1S/C20H16O5/c1-12-7-20(21)25-19-10-15(3-5-17(12)19)23-11-16-9-13-8-14(22-2)4-6-18(13)24-16/h3-10H,11H2,1-2H3. The average Bonchev–Trinajstić information content (AvgIpc) is 3.01. The first-order chi connectivity index (χ1) is 12.1. The molecule has 126 valence electrons. The molecule has 0 aliphatic rings. The molecule has 5 heteroatoms. The van der Waals surface area contributed by atoms with Crippen LogP contribution in [0.25, 0.3) is 21.9 Å². The van der Waals surface area contributed by atoms with Crippen molar-refractivity contribution in [3.63, 3.8) is 0 Å². The van der Waals surface area contributed by atoms with Crippen LogP contribution in [-0.2, 0) is 6.61 Å². The smallest absolute Gasteiger partial charge is 0.336 e. The highest BCUT2D eigenvalue weighted by atomic mass is 16.5. The van der Waals surface area contributed by atoms with Gasteiger partial charge in [0.2, 0.25) is 0 Å². The molecule has 0 saturated heterocycles. The highest BCUT2D eigenvalue weighted by molar-refractivity contribution is 5.81. The number of benzene rings is 2. The molecule has 0 radical (unpaired) electrons. The summed E-state index contributed by atoms with van der Waals surface area (Å²) in [7, 11) is 1.63. The molecular formula is C20H16O5. The molecule has 0 N–H and O–H groups in total. The van der Waals surface area contributed by atoms with Crippen LogP contribution in [0.4, 0.5) is 0 Å². The molecule has 0 aliphatic carbocycles. The quantitative estimate of drug-likeness (QED) is 0.516. The average molecular weight is 336 g/mol. The maximum Gasteiger partial charge on any atom is 0.336 e. The fraction of sp³-hybridized carbons (Fsp3) is 0.150. The molecule has 4 aromatic rings. The maximum absolute atomic E-state index is 11.5. The lowest BCUT2D eigenvalue weighted by Gasteiger charge is -2.06. The van der Waals surface area contributed by atoms with E-state index in [9.17, 15) is 4.79 Å². The molecule has 2 aromatic heterocycles. The van der Waals surface area contributed by atoms with Gasteiger partial charge in [0.05, 0.1) is 7.11 Å². The van der Waals surface area contributed by atoms with Crippen molar-refractivity contribution in [2.45, 2.75) is 13.5 Å². The van der Waals surface area contributed by atoms with Crippen LogP contribution in [0.1, 0.15) is 11.3 Å². The summed E-state index contributed by atoms with van der Waals surface area (Å²) >= 11 is 0. The molecule has 0 bridgehead atoms. The van der Waals surface area contributed by atoms with Crippen LogP contribution in [0, 0.1) is 6.92 Å². The van der Waals surface area contributed by atoms with Gasteiger partial charge in [0.15, 0.2) is 0 Å². The Morgan fingerprint density at radius 2 is 1.76 bits per heavy atom. The molecule has 0 unspecified atom stereocenters. The fourth-order valence-corrected chi connectivity index (χ4v) is 2.82. The summed E-state index contributed by atoms with van der Waals surface area (Å²) in [6.45, 7) is 2.15. The Hall–Kier alpha value is -3.21. The van der Waals surface area contributed by atoms with Crippen molar-refractivity contribution in [1.29, 1.82) is 0 Å². The van der Waals surface area contributed by atoms with E-state index in [1.165, 1.54) is 6.07 Å². The molecule has 0 spiro atoms. The second-order valence-electron chi connectivity index (χ2n) is 5.81. The van der Waals surface area contributed by atoms with Crippen LogP contribution in [0.3, 0.4) is 0 Å². The second kappa shape index (κ2) is 6.02. The zero-order chi connectivity index (χ0) is 17.4. The summed E-state index contributed by atoms with van der Waals surface area (Å²) in [5.41, 5.74) is 1.80. The van der Waals surface area contributed by atoms with Gasteiger partial charge < -0.3 is 18.3 Å². The number of fused-ring (bicyclic) bond motifs is 2. The Kier molecular flexibility index (Phi) is 3.69. The molecular weight excluding hydrogens is 320 g/mol. The van der Waals surface area contributed by atoms with Gasteiger partial charge in [-0.3, -0.25) is 0 Å². The Bertz CT molecular complexity index is 1120. The van der Waals surface area contributed by atoms with Gasteiger partial charge in [-0.1, -0.05) is 0 Å². The lowest BCUT2D eigenvalue weighted by molar-refractivity contribution is 0.274. The second-order valence-corrected chi connectivity index (χ2v) is 5.81. The van der Waals surface area contributed by atoms with Gasteiger partial charge in [0.25, 0.3) is 0 Å². The third-order valence-corrected chi connectivity index (χ3v) is 4.08. The Labute approximate surface area is 143 Å². The van der Waals surface area contributed by atoms with Crippen LogP contribution in [0.2, 0.25) is 0 Å². The number of hydrogen-bond acceptors (Lipinski definition) is 5. The number of methoxy groups -OCH3 is 1. The first-order valence-corrected chi connectivity index (χ1v) is 7.86. The van der Waals surface area contributed by atoms with E-state index < -0.39 is 0 Å². The lowest BCUT2D eigenvalue weighted by Crippen LogP contribution is -1.98. The summed E-state index contributed by atoms with van der Waals surface area (Å²) in [6.07, 6.45) is 0. The van der Waals surface area contributed by atoms with Crippen LogP contribution >= 0.6 is 0 Å². The van der Waals surface area contributed by atoms with Crippen LogP contribution in [0.15, 0.2) is 62.2 Å². The minimum absolute atomic E-state index is 0.276. The number of hydrogen-bond donors (Lipinski definition) is 0. The Morgan fingerprint density at radius 1 is 0.920 bits per heavy atom. The van der Waals surface area contributed by atoms with Gasteiger partial charge in [-0.05, 0) is 48.9 Å². The topological polar surface area (TPSA) is 61.8 Å². The summed E-state index contributed by atoms with van der Waals surface area (Å²) in [6, 6.07) is 14.5. The van der Waals surface area contributed by atoms with Gasteiger partial charge in [-0.15, -0.1) is 0 Å². The molecule has 5 nitrogen and oxygen atoms in total. The summed E-state index contributed by atoms with van der Waals surface area (Å²) < 4.78 is 22.0. The Balaban J connectivity index is 1.58. The normalized spacial score (nSPS) is 11.1. The zero-order valence-corrected chi connectivity index (χ0v) is 13.9. The van der Waals surface area contributed by atoms with Gasteiger partial charge >= 0.3 is 5.63 Å². The Morgan fingerprint density at radius 3 is 2.60 bits per heavy atom. The molecule has 0 amide bonds. The van der Waals surface area contributed by atoms with E-state index in [0.29, 0.717) is 17.1 Å². The fourth-order valence-electron chi connectivity index (χ4n) is 2.82. The highest BCUT2D eigenvalue weighted by Gasteiger charge is 2.08. The molecule has 0 atom stereocenters. The van der Waals surface area contributed by atoms with Crippen molar-refractivity contribution < 1.29 is 18.3 Å². The van der Waals surface area contributed by atoms with Crippen molar-refractivity contribution >= 4 is 21.9 Å². The molecule has 0 saturated carbocycles. The van der Waals surface area contributed by atoms with Crippen LogP contribution in [0.5, 0.6) is 11.5 Å². The van der Waals surface area contributed by atoms with Gasteiger partial charge in [0, 0.05) is 22.9 Å². The van der Waals surface area contributed by atoms with Crippen molar-refractivity contribution in [3.8, 4) is 11.5 Å². The van der Waals surface area contributed by atoms with Crippen molar-refractivity contribution in [2.24, 2.45) is 0 Å². The van der Waals surface area contributed by atoms with E-state index in [1.807, 2.05) is 43.3 Å². The number of ether oxygens (including phenoxy) is 2. The van der Waals surface area contributed by atoms with E-state index in [-0.39, 0.29) is 12.2 Å². The first kappa shape index (κ1) is 15.3. The van der Waals surface area contributed by atoms with Crippen molar-refractivity contribution in [1.82, 2.24) is 0 Å². The van der Waals surface area contributed by atoms with E-state index in [4.69, 9.17) is 18.3 Å². The molecule has 0 aliphatic heterocycles. The zero-order valence-electron chi connectivity index (χ0n) is 13.9. The summed E-state index contributed by atoms with van der Waals surface area (Å²) in [5.74, 6) is 2.09. The van der Waals surface area contributed by atoms with E-state index in [0.717, 1.165) is 27.7 Å². The molecule has 2 heterocycles. The predicted octanol–water partition coefficient (Wildman–Crippen LogP) is 4.44. The van der Waals surface area contributed by atoms with Gasteiger partial charge in [-0.2, -0.15) is 0 Å². The van der Waals surface area contributed by atoms with Gasteiger partial charge in [-0.25, -0.2) is 4.79 Å². The SMILES string of the molecule is COc1ccc2oc(COc3ccc4c(C)cc(=O)oc4c3)cc2c1. The van der Waals surface area contributed by atoms with E-state index in [2.05, 4.69) is 0 Å².